The molecule has 0 fully saturated rings. The number of nitrogens with zero attached hydrogens (tertiary/aromatic N) is 1. The molecule has 0 aliphatic carbocycles. The molecule has 0 spiro atoms. The second-order valence-corrected chi connectivity index (χ2v) is 5.13. The number of nitrogen functional groups attached to an aromatic ring is 1. The van der Waals surface area contributed by atoms with Gasteiger partial charge in [-0.15, -0.1) is 0 Å². The minimum atomic E-state index is -0.523. The van der Waals surface area contributed by atoms with Crippen LogP contribution in [0.4, 0.5) is 5.69 Å². The summed E-state index contributed by atoms with van der Waals surface area (Å²) in [5.74, 6) is -0.523. The molecule has 0 aliphatic rings. The average molecular weight is 342 g/mol. The summed E-state index contributed by atoms with van der Waals surface area (Å²) in [6, 6.07) is 8.25. The molecule has 0 saturated carbocycles. The van der Waals surface area contributed by atoms with Gasteiger partial charge in [-0.2, -0.15) is 0 Å². The van der Waals surface area contributed by atoms with Gasteiger partial charge in [-0.3, -0.25) is 4.98 Å². The number of esters is 1. The number of carbonyl (C=O) groups excluding carboxylic acids is 1. The second-order valence-electron chi connectivity index (χ2n) is 3.78. The summed E-state index contributed by atoms with van der Waals surface area (Å²) < 4.78 is 6.00. The third-order valence-corrected chi connectivity index (χ3v) is 3.08. The number of carbonyl (C=O) groups is 1. The molecule has 1 heterocycles. The number of nitrogens with two attached hydrogens (primary N) is 1. The van der Waals surface area contributed by atoms with Gasteiger partial charge in [-0.05, 0) is 46.3 Å². The van der Waals surface area contributed by atoms with E-state index in [-0.39, 0.29) is 12.2 Å². The van der Waals surface area contributed by atoms with E-state index in [1.807, 2.05) is 6.07 Å². The maximum absolute atomic E-state index is 11.9. The number of anilines is 1. The molecule has 2 N–H and O–H groups in total. The summed E-state index contributed by atoms with van der Waals surface area (Å²) >= 11 is 9.09. The van der Waals surface area contributed by atoms with Crippen LogP contribution in [0.15, 0.2) is 41.0 Å². The Hall–Kier alpha value is -1.59. The van der Waals surface area contributed by atoms with E-state index >= 15 is 0 Å². The van der Waals surface area contributed by atoms with Crippen LogP contribution < -0.4 is 5.73 Å². The van der Waals surface area contributed by atoms with Gasteiger partial charge in [0.15, 0.2) is 0 Å². The third kappa shape index (κ3) is 3.68. The largest absolute Gasteiger partial charge is 0.456 e. The summed E-state index contributed by atoms with van der Waals surface area (Å²) in [6.45, 7) is 0.0814. The lowest BCUT2D eigenvalue weighted by Gasteiger charge is -2.07. The van der Waals surface area contributed by atoms with Gasteiger partial charge in [-0.25, -0.2) is 4.79 Å². The highest BCUT2D eigenvalue weighted by Gasteiger charge is 2.12. The zero-order valence-electron chi connectivity index (χ0n) is 9.77. The Kier molecular flexibility index (Phi) is 4.39. The van der Waals surface area contributed by atoms with Crippen LogP contribution in [0.5, 0.6) is 0 Å². The molecule has 0 bridgehead atoms. The molecular formula is C13H10BrClN2O2. The molecule has 6 heteroatoms. The Morgan fingerprint density at radius 3 is 2.84 bits per heavy atom. The summed E-state index contributed by atoms with van der Waals surface area (Å²) in [7, 11) is 0. The van der Waals surface area contributed by atoms with E-state index in [4.69, 9.17) is 22.1 Å². The van der Waals surface area contributed by atoms with Crippen molar-refractivity contribution >= 4 is 39.2 Å². The van der Waals surface area contributed by atoms with Gasteiger partial charge in [-0.1, -0.05) is 11.6 Å². The van der Waals surface area contributed by atoms with E-state index in [2.05, 4.69) is 20.9 Å². The molecule has 2 rings (SSSR count). The van der Waals surface area contributed by atoms with Crippen molar-refractivity contribution in [2.45, 2.75) is 6.61 Å². The number of ether oxygens (including phenoxy) is 1. The highest BCUT2D eigenvalue weighted by Crippen LogP contribution is 2.19. The predicted molar refractivity (Wildman–Crippen MR) is 76.9 cm³/mol. The average Bonchev–Trinajstić information content (AvgIpc) is 2.40. The zero-order chi connectivity index (χ0) is 13.8. The van der Waals surface area contributed by atoms with Crippen LogP contribution in [0, 0.1) is 0 Å². The topological polar surface area (TPSA) is 65.2 Å². The smallest absolute Gasteiger partial charge is 0.340 e. The predicted octanol–water partition coefficient (Wildman–Crippen LogP) is 3.44. The zero-order valence-corrected chi connectivity index (χ0v) is 12.1. The number of aromatic nitrogens is 1. The first kappa shape index (κ1) is 13.8. The fraction of sp³-hybridized carbons (Fsp3) is 0.0769. The molecule has 0 atom stereocenters. The van der Waals surface area contributed by atoms with Crippen LogP contribution >= 0.6 is 27.5 Å². The van der Waals surface area contributed by atoms with Crippen molar-refractivity contribution in [1.82, 2.24) is 4.98 Å². The number of benzene rings is 1. The maximum Gasteiger partial charge on any atom is 0.340 e. The van der Waals surface area contributed by atoms with Crippen LogP contribution in [0.3, 0.4) is 0 Å². The van der Waals surface area contributed by atoms with E-state index in [0.29, 0.717) is 16.4 Å². The summed E-state index contributed by atoms with van der Waals surface area (Å²) in [5.41, 5.74) is 6.93. The van der Waals surface area contributed by atoms with Gasteiger partial charge in [0.05, 0.1) is 11.3 Å². The SMILES string of the molecule is Nc1ccc(Cl)cc1C(=O)OCc1ccc(Br)cn1. The van der Waals surface area contributed by atoms with Gasteiger partial charge in [0, 0.05) is 21.4 Å². The van der Waals surface area contributed by atoms with Gasteiger partial charge >= 0.3 is 5.97 Å². The molecule has 19 heavy (non-hydrogen) atoms. The van der Waals surface area contributed by atoms with Crippen LogP contribution in [0.25, 0.3) is 0 Å². The molecule has 98 valence electrons. The van der Waals surface area contributed by atoms with Crippen molar-refractivity contribution < 1.29 is 9.53 Å². The number of hydrogen-bond donors (Lipinski definition) is 1. The Bertz CT molecular complexity index is 602. The third-order valence-electron chi connectivity index (χ3n) is 2.38. The monoisotopic (exact) mass is 340 g/mol. The minimum absolute atomic E-state index is 0.0814. The summed E-state index contributed by atoms with van der Waals surface area (Å²) in [5, 5.41) is 0.433. The van der Waals surface area contributed by atoms with E-state index in [1.54, 1.807) is 24.4 Å². The molecular weight excluding hydrogens is 332 g/mol. The minimum Gasteiger partial charge on any atom is -0.456 e. The van der Waals surface area contributed by atoms with Crippen LogP contribution in [-0.4, -0.2) is 11.0 Å². The molecule has 1 aromatic carbocycles. The van der Waals surface area contributed by atoms with E-state index in [1.165, 1.54) is 6.07 Å². The van der Waals surface area contributed by atoms with Crippen LogP contribution in [-0.2, 0) is 11.3 Å². The quantitative estimate of drug-likeness (QED) is 0.686. The van der Waals surface area contributed by atoms with Crippen LogP contribution in [0.1, 0.15) is 16.1 Å². The Morgan fingerprint density at radius 1 is 1.37 bits per heavy atom. The molecule has 0 radical (unpaired) electrons. The fourth-order valence-electron chi connectivity index (χ4n) is 1.41. The van der Waals surface area contributed by atoms with Crippen molar-refractivity contribution in [1.29, 1.82) is 0 Å². The van der Waals surface area contributed by atoms with Gasteiger partial charge in [0.1, 0.15) is 6.61 Å². The van der Waals surface area contributed by atoms with Crippen molar-refractivity contribution in [2.24, 2.45) is 0 Å². The van der Waals surface area contributed by atoms with Crippen molar-refractivity contribution in [3.05, 3.63) is 57.3 Å². The number of hydrogen-bond acceptors (Lipinski definition) is 4. The highest BCUT2D eigenvalue weighted by molar-refractivity contribution is 9.10. The highest BCUT2D eigenvalue weighted by atomic mass is 79.9. The Labute approximate surface area is 123 Å². The first-order chi connectivity index (χ1) is 9.06. The molecule has 0 unspecified atom stereocenters. The van der Waals surface area contributed by atoms with Crippen molar-refractivity contribution in [3.63, 3.8) is 0 Å². The first-order valence-corrected chi connectivity index (χ1v) is 6.56. The van der Waals surface area contributed by atoms with Gasteiger partial charge in [0.2, 0.25) is 0 Å². The fourth-order valence-corrected chi connectivity index (χ4v) is 1.82. The molecule has 0 saturated heterocycles. The first-order valence-electron chi connectivity index (χ1n) is 5.39. The molecule has 0 aliphatic heterocycles. The van der Waals surface area contributed by atoms with Crippen molar-refractivity contribution in [2.75, 3.05) is 5.73 Å². The Balaban J connectivity index is 2.05. The molecule has 4 nitrogen and oxygen atoms in total. The molecule has 1 aromatic heterocycles. The lowest BCUT2D eigenvalue weighted by Crippen LogP contribution is -2.08. The van der Waals surface area contributed by atoms with E-state index < -0.39 is 5.97 Å². The Morgan fingerprint density at radius 2 is 2.16 bits per heavy atom. The summed E-state index contributed by atoms with van der Waals surface area (Å²) in [6.07, 6.45) is 1.64. The van der Waals surface area contributed by atoms with Gasteiger partial charge < -0.3 is 10.5 Å². The van der Waals surface area contributed by atoms with Gasteiger partial charge in [0.25, 0.3) is 0 Å². The normalized spacial score (nSPS) is 10.2. The van der Waals surface area contributed by atoms with E-state index in [0.717, 1.165) is 4.47 Å². The van der Waals surface area contributed by atoms with E-state index in [9.17, 15) is 4.79 Å². The lowest BCUT2D eigenvalue weighted by molar-refractivity contribution is 0.0469. The molecule has 2 aromatic rings. The maximum atomic E-state index is 11.9. The van der Waals surface area contributed by atoms with Crippen LogP contribution in [0.2, 0.25) is 5.02 Å². The van der Waals surface area contributed by atoms with Crippen molar-refractivity contribution in [3.8, 4) is 0 Å². The second kappa shape index (κ2) is 6.04. The lowest BCUT2D eigenvalue weighted by atomic mass is 10.2. The number of pyridine rings is 1. The number of rotatable bonds is 3. The standard InChI is InChI=1S/C13H10BrClN2O2/c14-8-1-3-10(17-6-8)7-19-13(18)11-5-9(15)2-4-12(11)16/h1-6H,7,16H2. The summed E-state index contributed by atoms with van der Waals surface area (Å²) in [4.78, 5) is 16.0. The molecule has 0 amide bonds. The number of halogens is 2.